The molecule has 0 spiro atoms. The van der Waals surface area contributed by atoms with Gasteiger partial charge in [0.1, 0.15) is 5.01 Å². The highest BCUT2D eigenvalue weighted by atomic mass is 127. The lowest BCUT2D eigenvalue weighted by Gasteiger charge is -2.14. The summed E-state index contributed by atoms with van der Waals surface area (Å²) in [5, 5.41) is 7.73. The Hall–Kier alpha value is -1.19. The number of rotatable bonds is 7. The fraction of sp³-hybridized carbons (Fsp3) is 0.444. The van der Waals surface area contributed by atoms with Gasteiger partial charge in [0.2, 0.25) is 0 Å². The van der Waals surface area contributed by atoms with E-state index < -0.39 is 0 Å². The lowest BCUT2D eigenvalue weighted by molar-refractivity contribution is 0.401. The molecule has 2 rings (SSSR count). The molecule has 0 aliphatic carbocycles. The van der Waals surface area contributed by atoms with Crippen LogP contribution in [0, 0.1) is 6.92 Å². The molecular weight excluding hydrogens is 445 g/mol. The van der Waals surface area contributed by atoms with Gasteiger partial charge in [-0.3, -0.25) is 0 Å². The molecule has 0 saturated carbocycles. The van der Waals surface area contributed by atoms with Crippen molar-refractivity contribution in [2.24, 2.45) is 4.99 Å². The summed E-state index contributed by atoms with van der Waals surface area (Å²) in [5.41, 5.74) is 2.58. The van der Waals surface area contributed by atoms with Crippen molar-refractivity contribution in [3.8, 4) is 0 Å². The zero-order valence-electron chi connectivity index (χ0n) is 15.4. The van der Waals surface area contributed by atoms with E-state index >= 15 is 0 Å². The molecule has 0 atom stereocenters. The molecule has 0 aliphatic rings. The first-order chi connectivity index (χ1) is 11.6. The maximum absolute atomic E-state index is 4.73. The summed E-state index contributed by atoms with van der Waals surface area (Å²) in [6, 6.07) is 8.47. The second-order valence-electron chi connectivity index (χ2n) is 5.92. The smallest absolute Gasteiger partial charge is 0.191 e. The summed E-state index contributed by atoms with van der Waals surface area (Å²) in [6.45, 7) is 7.27. The number of aromatic nitrogens is 1. The number of guanidine groups is 1. The first-order valence-corrected chi connectivity index (χ1v) is 9.05. The van der Waals surface area contributed by atoms with Gasteiger partial charge in [0.15, 0.2) is 5.96 Å². The average Bonchev–Trinajstić information content (AvgIpc) is 2.96. The number of aryl methyl sites for hydroxylation is 1. The Bertz CT molecular complexity index is 669. The minimum absolute atomic E-state index is 0. The van der Waals surface area contributed by atoms with Gasteiger partial charge in [-0.15, -0.1) is 35.3 Å². The van der Waals surface area contributed by atoms with Gasteiger partial charge in [-0.05, 0) is 39.1 Å². The number of hydrogen-bond donors (Lipinski definition) is 2. The fourth-order valence-electron chi connectivity index (χ4n) is 2.36. The number of thiazole rings is 1. The van der Waals surface area contributed by atoms with Gasteiger partial charge >= 0.3 is 0 Å². The van der Waals surface area contributed by atoms with Gasteiger partial charge in [0.25, 0.3) is 0 Å². The van der Waals surface area contributed by atoms with Crippen LogP contribution in [-0.4, -0.2) is 36.5 Å². The van der Waals surface area contributed by atoms with E-state index in [1.807, 2.05) is 6.20 Å². The second-order valence-corrected chi connectivity index (χ2v) is 7.24. The molecule has 0 saturated heterocycles. The molecule has 2 N–H and O–H groups in total. The van der Waals surface area contributed by atoms with E-state index in [1.54, 1.807) is 11.3 Å². The molecule has 0 fully saturated rings. The lowest BCUT2D eigenvalue weighted by Crippen LogP contribution is -2.36. The first kappa shape index (κ1) is 21.9. The highest BCUT2D eigenvalue weighted by Crippen LogP contribution is 2.12. The quantitative estimate of drug-likeness (QED) is 0.368. The van der Waals surface area contributed by atoms with Crippen LogP contribution in [0.1, 0.15) is 27.9 Å². The molecule has 1 aromatic carbocycles. The largest absolute Gasteiger partial charge is 0.357 e. The second kappa shape index (κ2) is 11.4. The Morgan fingerprint density at radius 3 is 2.52 bits per heavy atom. The Morgan fingerprint density at radius 2 is 1.92 bits per heavy atom. The van der Waals surface area contributed by atoms with Crippen molar-refractivity contribution in [3.63, 3.8) is 0 Å². The van der Waals surface area contributed by atoms with Crippen LogP contribution in [0.3, 0.4) is 0 Å². The van der Waals surface area contributed by atoms with Crippen molar-refractivity contribution < 1.29 is 0 Å². The third kappa shape index (κ3) is 7.70. The summed E-state index contributed by atoms with van der Waals surface area (Å²) in [5.74, 6) is 0.824. The zero-order chi connectivity index (χ0) is 17.4. The molecule has 138 valence electrons. The van der Waals surface area contributed by atoms with Gasteiger partial charge in [0, 0.05) is 24.2 Å². The highest BCUT2D eigenvalue weighted by molar-refractivity contribution is 14.0. The molecule has 0 radical (unpaired) electrons. The molecule has 1 heterocycles. The zero-order valence-corrected chi connectivity index (χ0v) is 18.5. The van der Waals surface area contributed by atoms with E-state index in [-0.39, 0.29) is 24.0 Å². The van der Waals surface area contributed by atoms with Crippen LogP contribution in [0.5, 0.6) is 0 Å². The average molecular weight is 473 g/mol. The van der Waals surface area contributed by atoms with Crippen LogP contribution in [0.25, 0.3) is 0 Å². The standard InChI is InChI=1S/C18H27N5S.HI/c1-5-19-18(22-12-17-20-10-14(2)24-17)21-11-15-8-6-7-9-16(15)13-23(3)4;/h6-10H,5,11-13H2,1-4H3,(H2,19,21,22);1H. The Kier molecular flexibility index (Phi) is 9.99. The predicted octanol–water partition coefficient (Wildman–Crippen LogP) is 3.39. The van der Waals surface area contributed by atoms with Gasteiger partial charge < -0.3 is 15.5 Å². The van der Waals surface area contributed by atoms with Crippen molar-refractivity contribution in [1.82, 2.24) is 20.5 Å². The molecular formula is C18H28IN5S. The SMILES string of the molecule is CCNC(=NCc1ccccc1CN(C)C)NCc1ncc(C)s1.I. The molecule has 5 nitrogen and oxygen atoms in total. The van der Waals surface area contributed by atoms with Crippen molar-refractivity contribution in [1.29, 1.82) is 0 Å². The Balaban J connectivity index is 0.00000312. The van der Waals surface area contributed by atoms with E-state index in [1.165, 1.54) is 16.0 Å². The summed E-state index contributed by atoms with van der Waals surface area (Å²) in [6.07, 6.45) is 1.91. The third-order valence-corrected chi connectivity index (χ3v) is 4.35. The normalized spacial score (nSPS) is 11.3. The summed E-state index contributed by atoms with van der Waals surface area (Å²) < 4.78 is 0. The Labute approximate surface area is 172 Å². The van der Waals surface area contributed by atoms with E-state index in [9.17, 15) is 0 Å². The van der Waals surface area contributed by atoms with Crippen LogP contribution < -0.4 is 10.6 Å². The minimum atomic E-state index is 0. The van der Waals surface area contributed by atoms with Crippen molar-refractivity contribution in [2.75, 3.05) is 20.6 Å². The fourth-order valence-corrected chi connectivity index (χ4v) is 3.08. The van der Waals surface area contributed by atoms with E-state index in [0.717, 1.165) is 24.1 Å². The molecule has 0 amide bonds. The summed E-state index contributed by atoms with van der Waals surface area (Å²) >= 11 is 1.71. The monoisotopic (exact) mass is 473 g/mol. The van der Waals surface area contributed by atoms with E-state index in [0.29, 0.717) is 13.1 Å². The van der Waals surface area contributed by atoms with E-state index in [2.05, 4.69) is 72.7 Å². The molecule has 2 aromatic rings. The van der Waals surface area contributed by atoms with E-state index in [4.69, 9.17) is 4.99 Å². The molecule has 0 bridgehead atoms. The third-order valence-electron chi connectivity index (χ3n) is 3.43. The van der Waals surface area contributed by atoms with Crippen LogP contribution in [0.15, 0.2) is 35.5 Å². The van der Waals surface area contributed by atoms with Crippen LogP contribution >= 0.6 is 35.3 Å². The van der Waals surface area contributed by atoms with Gasteiger partial charge in [-0.25, -0.2) is 9.98 Å². The van der Waals surface area contributed by atoms with Crippen LogP contribution in [0.2, 0.25) is 0 Å². The molecule has 7 heteroatoms. The molecule has 0 unspecified atom stereocenters. The number of aliphatic imine (C=N–C) groups is 1. The van der Waals surface area contributed by atoms with Crippen molar-refractivity contribution in [3.05, 3.63) is 51.5 Å². The maximum atomic E-state index is 4.73. The number of nitrogens with zero attached hydrogens (tertiary/aromatic N) is 3. The minimum Gasteiger partial charge on any atom is -0.357 e. The van der Waals surface area contributed by atoms with Crippen LogP contribution in [0.4, 0.5) is 0 Å². The van der Waals surface area contributed by atoms with Crippen molar-refractivity contribution in [2.45, 2.75) is 33.5 Å². The summed E-state index contributed by atoms with van der Waals surface area (Å²) in [7, 11) is 4.17. The number of hydrogen-bond acceptors (Lipinski definition) is 4. The first-order valence-electron chi connectivity index (χ1n) is 8.23. The molecule has 0 aliphatic heterocycles. The Morgan fingerprint density at radius 1 is 1.20 bits per heavy atom. The number of halogens is 1. The maximum Gasteiger partial charge on any atom is 0.191 e. The van der Waals surface area contributed by atoms with Gasteiger partial charge in [-0.1, -0.05) is 24.3 Å². The van der Waals surface area contributed by atoms with Gasteiger partial charge in [-0.2, -0.15) is 0 Å². The number of nitrogens with one attached hydrogen (secondary N) is 2. The molecule has 1 aromatic heterocycles. The topological polar surface area (TPSA) is 52.6 Å². The molecule has 25 heavy (non-hydrogen) atoms. The highest BCUT2D eigenvalue weighted by Gasteiger charge is 2.05. The lowest BCUT2D eigenvalue weighted by atomic mass is 10.1. The van der Waals surface area contributed by atoms with Crippen molar-refractivity contribution >= 4 is 41.3 Å². The summed E-state index contributed by atoms with van der Waals surface area (Å²) in [4.78, 5) is 12.5. The number of benzene rings is 1. The predicted molar refractivity (Wildman–Crippen MR) is 118 cm³/mol. The van der Waals surface area contributed by atoms with Gasteiger partial charge in [0.05, 0.1) is 13.1 Å². The van der Waals surface area contributed by atoms with Crippen LogP contribution in [-0.2, 0) is 19.6 Å².